The van der Waals surface area contributed by atoms with Crippen molar-refractivity contribution in [2.45, 2.75) is 35.5 Å². The summed E-state index contributed by atoms with van der Waals surface area (Å²) in [6, 6.07) is 8.66. The van der Waals surface area contributed by atoms with Crippen LogP contribution in [-0.4, -0.2) is 78.1 Å². The fourth-order valence-electron chi connectivity index (χ4n) is 4.28. The molecule has 37 heavy (non-hydrogen) atoms. The number of carbonyl (C=O) groups excluding carboxylic acids is 4. The zero-order valence-corrected chi connectivity index (χ0v) is 19.8. The predicted molar refractivity (Wildman–Crippen MR) is 133 cm³/mol. The van der Waals surface area contributed by atoms with Crippen LogP contribution in [0.1, 0.15) is 27.0 Å². The smallest absolute Gasteiger partial charge is 0.348 e. The average Bonchev–Trinajstić information content (AvgIpc) is 3.17. The molecule has 2 atom stereocenters. The van der Waals surface area contributed by atoms with Crippen molar-refractivity contribution in [1.82, 2.24) is 15.0 Å². The number of fused-ring (bicyclic) bond motifs is 1. The van der Waals surface area contributed by atoms with E-state index in [-0.39, 0.29) is 17.1 Å². The maximum atomic E-state index is 14.7. The van der Waals surface area contributed by atoms with E-state index in [0.717, 1.165) is 17.0 Å². The molecule has 2 aliphatic heterocycles. The van der Waals surface area contributed by atoms with Gasteiger partial charge in [-0.2, -0.15) is 8.78 Å². The van der Waals surface area contributed by atoms with Crippen LogP contribution in [0.5, 0.6) is 0 Å². The lowest BCUT2D eigenvalue weighted by atomic mass is 9.31. The molecule has 15 heteroatoms. The Morgan fingerprint density at radius 1 is 1.14 bits per heavy atom. The molecule has 4 amide bonds. The summed E-state index contributed by atoms with van der Waals surface area (Å²) in [5, 5.41) is -0.139. The lowest BCUT2D eigenvalue weighted by molar-refractivity contribution is -0.154. The number of piperidine rings is 1. The van der Waals surface area contributed by atoms with Crippen molar-refractivity contribution in [2.75, 3.05) is 0 Å². The molecule has 1 saturated heterocycles. The summed E-state index contributed by atoms with van der Waals surface area (Å²) >= 11 is 5.72. The van der Waals surface area contributed by atoms with Gasteiger partial charge < -0.3 is 9.71 Å². The summed E-state index contributed by atoms with van der Waals surface area (Å²) in [6.45, 7) is -0.711. The Bertz CT molecular complexity index is 1330. The monoisotopic (exact) mass is 511 g/mol. The summed E-state index contributed by atoms with van der Waals surface area (Å²) in [6.07, 6.45) is 0. The summed E-state index contributed by atoms with van der Waals surface area (Å²) in [7, 11) is 29.6. The van der Waals surface area contributed by atoms with Crippen LogP contribution in [0.15, 0.2) is 42.5 Å². The molecule has 176 valence electrons. The topological polar surface area (TPSA) is 86.8 Å². The van der Waals surface area contributed by atoms with Crippen LogP contribution in [0, 0.1) is 0 Å². The standard InChI is InChI=1S/C22H13B5ClF2N3O4/c23-15-16(34)31-18(36)22(26,21(15,24)25)32-9-11-7-10(1-6-14(11)17(32)35)8-33(27)19(37)20(29,30)12-2-4-13(28)5-3-12/h1-7,15H,8-9H2,(H,31,34,36)/t15?,22-/m1/s1. The number of imide groups is 1. The maximum absolute atomic E-state index is 14.7. The molecular formula is C22H13B5ClF2N3O4. The van der Waals surface area contributed by atoms with Crippen LogP contribution in [0.4, 0.5) is 8.78 Å². The lowest BCUT2D eigenvalue weighted by Gasteiger charge is -2.55. The van der Waals surface area contributed by atoms with E-state index in [2.05, 4.69) is 0 Å². The minimum atomic E-state index is -3.93. The fourth-order valence-corrected chi connectivity index (χ4v) is 4.41. The number of rotatable bonds is 5. The number of amides is 4. The van der Waals surface area contributed by atoms with Gasteiger partial charge in [0.2, 0.25) is 19.8 Å². The van der Waals surface area contributed by atoms with Crippen molar-refractivity contribution >= 4 is 74.6 Å². The third kappa shape index (κ3) is 4.19. The molecule has 2 aliphatic rings. The van der Waals surface area contributed by atoms with E-state index >= 15 is 0 Å². The molecule has 7 nitrogen and oxygen atoms in total. The van der Waals surface area contributed by atoms with Gasteiger partial charge in [-0.25, -0.2) is 0 Å². The molecule has 10 radical (unpaired) electrons. The molecule has 2 aromatic carbocycles. The number of hydrogen-bond donors (Lipinski definition) is 1. The summed E-state index contributed by atoms with van der Waals surface area (Å²) in [5.74, 6) is -10.00. The SMILES string of the molecule is [B]C1C(=O)NC(=O)[C@@]([B])(N2Cc3cc(CN([B])C(=O)C(F)(F)c4ccc(Cl)cc4)ccc3C2=O)C1([B])[B]. The molecule has 0 aromatic heterocycles. The molecule has 1 unspecified atom stereocenters. The lowest BCUT2D eigenvalue weighted by Crippen LogP contribution is -2.72. The van der Waals surface area contributed by atoms with Gasteiger partial charge in [0.25, 0.3) is 11.8 Å². The average molecular weight is 511 g/mol. The number of alkyl halides is 2. The van der Waals surface area contributed by atoms with Gasteiger partial charge in [-0.1, -0.05) is 41.1 Å². The minimum absolute atomic E-state index is 0.115. The molecule has 0 spiro atoms. The second-order valence-electron chi connectivity index (χ2n) is 8.89. The van der Waals surface area contributed by atoms with E-state index in [1.807, 2.05) is 5.32 Å². The fraction of sp³-hybridized carbons (Fsp3) is 0.273. The maximum Gasteiger partial charge on any atom is 0.348 e. The molecule has 0 aliphatic carbocycles. The Kier molecular flexibility index (Phi) is 6.63. The van der Waals surface area contributed by atoms with Crippen LogP contribution in [0.2, 0.25) is 16.1 Å². The summed E-state index contributed by atoms with van der Waals surface area (Å²) in [4.78, 5) is 51.4. The van der Waals surface area contributed by atoms with Crippen LogP contribution < -0.4 is 5.32 Å². The minimum Gasteiger partial charge on any atom is -0.387 e. The van der Waals surface area contributed by atoms with Crippen molar-refractivity contribution < 1.29 is 28.0 Å². The van der Waals surface area contributed by atoms with Gasteiger partial charge in [0.15, 0.2) is 0 Å². The molecule has 0 bridgehead atoms. The zero-order chi connectivity index (χ0) is 27.5. The Hall–Kier alpha value is -3.01. The van der Waals surface area contributed by atoms with Crippen LogP contribution in [0.25, 0.3) is 0 Å². The van der Waals surface area contributed by atoms with Gasteiger partial charge in [-0.3, -0.25) is 24.5 Å². The molecule has 2 heterocycles. The molecule has 4 rings (SSSR count). The molecular weight excluding hydrogens is 498 g/mol. The largest absolute Gasteiger partial charge is 0.387 e. The molecule has 1 fully saturated rings. The number of hydrogen-bond acceptors (Lipinski definition) is 4. The first-order chi connectivity index (χ1) is 17.1. The van der Waals surface area contributed by atoms with E-state index in [9.17, 15) is 28.0 Å². The van der Waals surface area contributed by atoms with Gasteiger partial charge in [0.05, 0.1) is 29.0 Å². The second-order valence-corrected chi connectivity index (χ2v) is 9.33. The third-order valence-electron chi connectivity index (χ3n) is 6.53. The van der Waals surface area contributed by atoms with Gasteiger partial charge in [0, 0.05) is 29.2 Å². The van der Waals surface area contributed by atoms with E-state index < -0.39 is 58.1 Å². The number of halogens is 3. The van der Waals surface area contributed by atoms with Crippen LogP contribution >= 0.6 is 11.6 Å². The molecule has 0 saturated carbocycles. The van der Waals surface area contributed by atoms with E-state index in [4.69, 9.17) is 51.0 Å². The summed E-state index contributed by atoms with van der Waals surface area (Å²) in [5.41, 5.74) is -2.24. The van der Waals surface area contributed by atoms with Crippen molar-refractivity contribution in [3.05, 3.63) is 69.7 Å². The van der Waals surface area contributed by atoms with Crippen molar-refractivity contribution in [1.29, 1.82) is 0 Å². The van der Waals surface area contributed by atoms with Gasteiger partial charge in [-0.05, 0) is 35.1 Å². The van der Waals surface area contributed by atoms with Gasteiger partial charge in [-0.15, -0.1) is 0 Å². The van der Waals surface area contributed by atoms with Crippen LogP contribution in [-0.2, 0) is 33.4 Å². The normalized spacial score (nSPS) is 22.9. The number of nitrogens with one attached hydrogen (secondary N) is 1. The van der Waals surface area contributed by atoms with Crippen molar-refractivity contribution in [3.63, 3.8) is 0 Å². The highest BCUT2D eigenvalue weighted by Gasteiger charge is 2.59. The highest BCUT2D eigenvalue weighted by molar-refractivity contribution is 6.57. The van der Waals surface area contributed by atoms with Gasteiger partial charge >= 0.3 is 5.92 Å². The van der Waals surface area contributed by atoms with Crippen molar-refractivity contribution in [2.24, 2.45) is 0 Å². The number of carbonyl (C=O) groups is 4. The highest BCUT2D eigenvalue weighted by atomic mass is 35.5. The first-order valence-electron chi connectivity index (χ1n) is 10.7. The first kappa shape index (κ1) is 27.0. The van der Waals surface area contributed by atoms with E-state index in [1.54, 1.807) is 0 Å². The number of benzene rings is 2. The van der Waals surface area contributed by atoms with E-state index in [1.165, 1.54) is 30.3 Å². The highest BCUT2D eigenvalue weighted by Crippen LogP contribution is 2.49. The Morgan fingerprint density at radius 2 is 1.76 bits per heavy atom. The van der Waals surface area contributed by atoms with Crippen molar-refractivity contribution in [3.8, 4) is 0 Å². The quantitative estimate of drug-likeness (QED) is 0.467. The van der Waals surface area contributed by atoms with Gasteiger partial charge in [0.1, 0.15) is 7.85 Å². The first-order valence-corrected chi connectivity index (χ1v) is 11.1. The Balaban J connectivity index is 1.56. The Labute approximate surface area is 222 Å². The zero-order valence-electron chi connectivity index (χ0n) is 19.1. The number of nitrogens with zero attached hydrogens (tertiary/aromatic N) is 2. The molecule has 2 aromatic rings. The predicted octanol–water partition coefficient (Wildman–Crippen LogP) is 0.431. The molecule has 1 N–H and O–H groups in total. The Morgan fingerprint density at radius 3 is 2.38 bits per heavy atom. The van der Waals surface area contributed by atoms with Crippen LogP contribution in [0.3, 0.4) is 0 Å². The second kappa shape index (κ2) is 9.08. The summed E-state index contributed by atoms with van der Waals surface area (Å²) < 4.78 is 29.4. The third-order valence-corrected chi connectivity index (χ3v) is 6.78. The van der Waals surface area contributed by atoms with E-state index in [0.29, 0.717) is 15.9 Å².